The van der Waals surface area contributed by atoms with Crippen LogP contribution in [0.3, 0.4) is 0 Å². The number of thiophene rings is 1. The van der Waals surface area contributed by atoms with Crippen LogP contribution in [0.2, 0.25) is 0 Å². The molecule has 0 radical (unpaired) electrons. The molecule has 0 fully saturated rings. The van der Waals surface area contributed by atoms with Gasteiger partial charge in [-0.15, -0.1) is 11.3 Å². The van der Waals surface area contributed by atoms with Crippen molar-refractivity contribution < 1.29 is 0 Å². The molecule has 0 aliphatic carbocycles. The van der Waals surface area contributed by atoms with E-state index in [1.165, 1.54) is 85.9 Å². The number of rotatable bonds is 4. The number of hydrogen-bond donors (Lipinski definition) is 0. The Morgan fingerprint density at radius 1 is 0.400 bits per heavy atom. The van der Waals surface area contributed by atoms with E-state index in [-0.39, 0.29) is 0 Å². The minimum absolute atomic E-state index is 1.01. The molecule has 4 heteroatoms. The molecular weight excluding hydrogens is 747 g/mol. The van der Waals surface area contributed by atoms with Gasteiger partial charge >= 0.3 is 0 Å². The minimum Gasteiger partial charge on any atom is -0.291 e. The van der Waals surface area contributed by atoms with Gasteiger partial charge in [0, 0.05) is 32.4 Å². The van der Waals surface area contributed by atoms with Gasteiger partial charge in [0.2, 0.25) is 0 Å². The summed E-state index contributed by atoms with van der Waals surface area (Å²) in [5.74, 6) is 0. The van der Waals surface area contributed by atoms with E-state index in [1.54, 1.807) is 0 Å². The second-order valence-corrected chi connectivity index (χ2v) is 16.8. The largest absolute Gasteiger partial charge is 0.291 e. The minimum atomic E-state index is 1.01. The highest BCUT2D eigenvalue weighted by Crippen LogP contribution is 2.43. The maximum Gasteiger partial charge on any atom is 0.156 e. The zero-order valence-electron chi connectivity index (χ0n) is 32.3. The molecule has 4 heterocycles. The summed E-state index contributed by atoms with van der Waals surface area (Å²) < 4.78 is 4.88. The SMILES string of the molecule is c1ccc2cc3c(cc2c1)nc1c2sc4ccccc4c2cc(-c2ccc(-c4ccc(-c5ccc(-c6cc7cccnc7c7ccccc67)cc5)c5ccccc45)cc2)n31. The molecule has 0 amide bonds. The van der Waals surface area contributed by atoms with Gasteiger partial charge in [-0.3, -0.25) is 9.38 Å². The molecule has 0 unspecified atom stereocenters. The normalized spacial score (nSPS) is 12.0. The fourth-order valence-electron chi connectivity index (χ4n) is 9.56. The van der Waals surface area contributed by atoms with Crippen molar-refractivity contribution in [2.45, 2.75) is 0 Å². The molecule has 0 spiro atoms. The molecule has 9 aromatic carbocycles. The van der Waals surface area contributed by atoms with Crippen molar-refractivity contribution in [2.24, 2.45) is 0 Å². The van der Waals surface area contributed by atoms with Gasteiger partial charge in [-0.1, -0.05) is 158 Å². The van der Waals surface area contributed by atoms with E-state index >= 15 is 0 Å². The van der Waals surface area contributed by atoms with Crippen LogP contribution in [0.4, 0.5) is 0 Å². The topological polar surface area (TPSA) is 30.2 Å². The van der Waals surface area contributed by atoms with Crippen molar-refractivity contribution in [3.05, 3.63) is 200 Å². The van der Waals surface area contributed by atoms with E-state index in [0.29, 0.717) is 0 Å². The number of imidazole rings is 1. The van der Waals surface area contributed by atoms with Crippen LogP contribution in [0.25, 0.3) is 125 Å². The van der Waals surface area contributed by atoms with E-state index in [4.69, 9.17) is 9.97 Å². The van der Waals surface area contributed by atoms with Crippen molar-refractivity contribution >= 4 is 91.4 Å². The van der Waals surface area contributed by atoms with Crippen molar-refractivity contribution in [3.8, 4) is 44.6 Å². The van der Waals surface area contributed by atoms with Gasteiger partial charge in [0.05, 0.1) is 26.9 Å². The Bertz CT molecular complexity index is 3870. The average molecular weight is 780 g/mol. The summed E-state index contributed by atoms with van der Waals surface area (Å²) >= 11 is 1.83. The lowest BCUT2D eigenvalue weighted by Gasteiger charge is -2.14. The highest BCUT2D eigenvalue weighted by molar-refractivity contribution is 7.26. The third kappa shape index (κ3) is 5.01. The number of nitrogens with zero attached hydrogens (tertiary/aromatic N) is 3. The maximum atomic E-state index is 5.32. The lowest BCUT2D eigenvalue weighted by atomic mass is 9.90. The molecule has 0 saturated heterocycles. The quantitative estimate of drug-likeness (QED) is 0.167. The maximum absolute atomic E-state index is 5.32. The third-order valence-electron chi connectivity index (χ3n) is 12.4. The van der Waals surface area contributed by atoms with E-state index in [9.17, 15) is 0 Å². The molecule has 0 bridgehead atoms. The van der Waals surface area contributed by atoms with Crippen molar-refractivity contribution in [2.75, 3.05) is 0 Å². The highest BCUT2D eigenvalue weighted by Gasteiger charge is 2.19. The molecule has 13 rings (SSSR count). The second-order valence-electron chi connectivity index (χ2n) is 15.7. The molecular formula is C56H33N3S. The Morgan fingerprint density at radius 2 is 0.950 bits per heavy atom. The van der Waals surface area contributed by atoms with Crippen LogP contribution >= 0.6 is 11.3 Å². The average Bonchev–Trinajstić information content (AvgIpc) is 3.88. The first-order chi connectivity index (χ1) is 29.7. The Morgan fingerprint density at radius 3 is 1.65 bits per heavy atom. The lowest BCUT2D eigenvalue weighted by Crippen LogP contribution is -1.93. The molecule has 0 aliphatic heterocycles. The number of fused-ring (bicyclic) bond motifs is 12. The molecule has 13 aromatic rings. The zero-order valence-corrected chi connectivity index (χ0v) is 33.1. The summed E-state index contributed by atoms with van der Waals surface area (Å²) in [6.07, 6.45) is 1.88. The molecule has 0 saturated carbocycles. The molecule has 3 nitrogen and oxygen atoms in total. The van der Waals surface area contributed by atoms with Gasteiger partial charge in [-0.25, -0.2) is 4.98 Å². The molecule has 4 aromatic heterocycles. The van der Waals surface area contributed by atoms with Crippen LogP contribution < -0.4 is 0 Å². The summed E-state index contributed by atoms with van der Waals surface area (Å²) in [7, 11) is 0. The van der Waals surface area contributed by atoms with Crippen LogP contribution in [0.5, 0.6) is 0 Å². The van der Waals surface area contributed by atoms with E-state index in [0.717, 1.165) is 38.8 Å². The van der Waals surface area contributed by atoms with Crippen LogP contribution in [-0.2, 0) is 0 Å². The van der Waals surface area contributed by atoms with Crippen molar-refractivity contribution in [1.82, 2.24) is 14.4 Å². The second kappa shape index (κ2) is 12.9. The predicted molar refractivity (Wildman–Crippen MR) is 255 cm³/mol. The third-order valence-corrected chi connectivity index (χ3v) is 13.6. The summed E-state index contributed by atoms with van der Waals surface area (Å²) in [5.41, 5.74) is 13.7. The Labute approximate surface area is 349 Å². The lowest BCUT2D eigenvalue weighted by molar-refractivity contribution is 1.25. The summed E-state index contributed by atoms with van der Waals surface area (Å²) in [6, 6.07) is 70.8. The molecule has 0 aliphatic rings. The summed E-state index contributed by atoms with van der Waals surface area (Å²) in [4.78, 5) is 10.0. The number of hydrogen-bond acceptors (Lipinski definition) is 3. The first-order valence-electron chi connectivity index (χ1n) is 20.4. The van der Waals surface area contributed by atoms with Gasteiger partial charge in [0.25, 0.3) is 0 Å². The van der Waals surface area contributed by atoms with Gasteiger partial charge < -0.3 is 0 Å². The monoisotopic (exact) mass is 779 g/mol. The molecule has 60 heavy (non-hydrogen) atoms. The van der Waals surface area contributed by atoms with Crippen LogP contribution in [-0.4, -0.2) is 14.4 Å². The van der Waals surface area contributed by atoms with E-state index in [2.05, 4.69) is 192 Å². The summed E-state index contributed by atoms with van der Waals surface area (Å²) in [6.45, 7) is 0. The molecule has 0 atom stereocenters. The predicted octanol–water partition coefficient (Wildman–Crippen LogP) is 15.5. The first-order valence-corrected chi connectivity index (χ1v) is 21.2. The van der Waals surface area contributed by atoms with Crippen molar-refractivity contribution in [1.29, 1.82) is 0 Å². The van der Waals surface area contributed by atoms with E-state index in [1.807, 2.05) is 23.6 Å². The molecule has 0 N–H and O–H groups in total. The van der Waals surface area contributed by atoms with Gasteiger partial charge in [0.15, 0.2) is 5.65 Å². The Kier molecular flexibility index (Phi) is 7.18. The Balaban J connectivity index is 0.915. The first kappa shape index (κ1) is 33.3. The smallest absolute Gasteiger partial charge is 0.156 e. The number of benzene rings is 9. The van der Waals surface area contributed by atoms with Gasteiger partial charge in [-0.2, -0.15) is 0 Å². The fraction of sp³-hybridized carbons (Fsp3) is 0. The zero-order chi connectivity index (χ0) is 39.3. The standard InChI is InChI=1S/C56H33N3S/c1-2-11-39-32-52-50(31-38(39)10-1)58-56-55-49(46-16-7-8-18-53(46)60-55)33-51(59(52)56)37-25-23-35(24-26-37)42-28-27-41(43-13-3-4-14-44(42)43)34-19-21-36(22-20-34)48-30-40-12-9-29-57-54(40)47-17-6-5-15-45(47)48/h1-33H. The fourth-order valence-corrected chi connectivity index (χ4v) is 10.7. The Hall–Kier alpha value is -7.66. The highest BCUT2D eigenvalue weighted by atomic mass is 32.1. The van der Waals surface area contributed by atoms with Crippen LogP contribution in [0.1, 0.15) is 0 Å². The van der Waals surface area contributed by atoms with Gasteiger partial charge in [0.1, 0.15) is 0 Å². The summed E-state index contributed by atoms with van der Waals surface area (Å²) in [5, 5.41) is 11.0. The van der Waals surface area contributed by atoms with Crippen LogP contribution in [0.15, 0.2) is 200 Å². The van der Waals surface area contributed by atoms with Gasteiger partial charge in [-0.05, 0) is 102 Å². The molecule has 278 valence electrons. The van der Waals surface area contributed by atoms with Crippen molar-refractivity contribution in [3.63, 3.8) is 0 Å². The number of pyridine rings is 2. The van der Waals surface area contributed by atoms with E-state index < -0.39 is 0 Å². The van der Waals surface area contributed by atoms with Crippen LogP contribution in [0, 0.1) is 0 Å². The number of aromatic nitrogens is 3.